The second-order valence-electron chi connectivity index (χ2n) is 3.72. The number of rotatable bonds is 1. The van der Waals surface area contributed by atoms with Crippen LogP contribution >= 0.6 is 0 Å². The van der Waals surface area contributed by atoms with Gasteiger partial charge in [-0.25, -0.2) is 4.79 Å². The average molecular weight is 191 g/mol. The van der Waals surface area contributed by atoms with Gasteiger partial charge in [0.2, 0.25) is 0 Å². The average Bonchev–Trinajstić information content (AvgIpc) is 2.17. The van der Waals surface area contributed by atoms with Gasteiger partial charge < -0.3 is 10.8 Å². The third-order valence-electron chi connectivity index (χ3n) is 2.75. The van der Waals surface area contributed by atoms with Crippen molar-refractivity contribution in [3.8, 4) is 0 Å². The van der Waals surface area contributed by atoms with Crippen molar-refractivity contribution in [3.05, 3.63) is 34.9 Å². The Bertz CT molecular complexity index is 374. The van der Waals surface area contributed by atoms with E-state index in [4.69, 9.17) is 10.8 Å². The molecular weight excluding hydrogens is 178 g/mol. The lowest BCUT2D eigenvalue weighted by molar-refractivity contribution is 0.0696. The third-order valence-corrected chi connectivity index (χ3v) is 2.75. The quantitative estimate of drug-likeness (QED) is 0.710. The molecule has 0 spiro atoms. The Morgan fingerprint density at radius 3 is 3.00 bits per heavy atom. The molecule has 0 unspecified atom stereocenters. The van der Waals surface area contributed by atoms with Gasteiger partial charge in [-0.1, -0.05) is 6.07 Å². The fourth-order valence-electron chi connectivity index (χ4n) is 1.98. The van der Waals surface area contributed by atoms with Crippen molar-refractivity contribution >= 4 is 5.97 Å². The van der Waals surface area contributed by atoms with Gasteiger partial charge in [-0.05, 0) is 42.5 Å². The summed E-state index contributed by atoms with van der Waals surface area (Å²) in [7, 11) is 0. The van der Waals surface area contributed by atoms with E-state index in [-0.39, 0.29) is 6.04 Å². The Morgan fingerprint density at radius 2 is 2.29 bits per heavy atom. The van der Waals surface area contributed by atoms with Crippen LogP contribution in [0.4, 0.5) is 0 Å². The molecule has 0 saturated heterocycles. The maximum Gasteiger partial charge on any atom is 0.335 e. The molecule has 1 aromatic carbocycles. The Kier molecular flexibility index (Phi) is 2.25. The summed E-state index contributed by atoms with van der Waals surface area (Å²) in [6.07, 6.45) is 3.00. The van der Waals surface area contributed by atoms with Crippen molar-refractivity contribution in [2.75, 3.05) is 0 Å². The Morgan fingerprint density at radius 1 is 1.50 bits per heavy atom. The van der Waals surface area contributed by atoms with E-state index in [1.807, 2.05) is 6.07 Å². The molecule has 1 aliphatic rings. The summed E-state index contributed by atoms with van der Waals surface area (Å²) in [4.78, 5) is 10.7. The van der Waals surface area contributed by atoms with Crippen LogP contribution in [-0.2, 0) is 6.42 Å². The fraction of sp³-hybridized carbons (Fsp3) is 0.364. The topological polar surface area (TPSA) is 63.3 Å². The molecular formula is C11H13NO2. The van der Waals surface area contributed by atoms with Crippen LogP contribution in [-0.4, -0.2) is 11.1 Å². The maximum atomic E-state index is 10.7. The summed E-state index contributed by atoms with van der Waals surface area (Å²) in [5.41, 5.74) is 8.50. The van der Waals surface area contributed by atoms with Gasteiger partial charge in [0, 0.05) is 6.04 Å². The van der Waals surface area contributed by atoms with E-state index in [9.17, 15) is 4.79 Å². The van der Waals surface area contributed by atoms with Crippen LogP contribution in [0.25, 0.3) is 0 Å². The number of hydrogen-bond donors (Lipinski definition) is 2. The summed E-state index contributed by atoms with van der Waals surface area (Å²) in [5.74, 6) is -0.869. The van der Waals surface area contributed by atoms with Crippen molar-refractivity contribution in [2.45, 2.75) is 25.3 Å². The molecule has 1 aliphatic carbocycles. The van der Waals surface area contributed by atoms with Crippen LogP contribution < -0.4 is 5.73 Å². The number of nitrogens with two attached hydrogens (primary N) is 1. The van der Waals surface area contributed by atoms with E-state index in [2.05, 4.69) is 0 Å². The van der Waals surface area contributed by atoms with Crippen LogP contribution in [0.2, 0.25) is 0 Å². The van der Waals surface area contributed by atoms with Crippen molar-refractivity contribution in [1.82, 2.24) is 0 Å². The lowest BCUT2D eigenvalue weighted by Crippen LogP contribution is -2.17. The van der Waals surface area contributed by atoms with Crippen molar-refractivity contribution in [2.24, 2.45) is 5.73 Å². The molecule has 0 bridgehead atoms. The number of carboxylic acids is 1. The molecule has 0 aromatic heterocycles. The highest BCUT2D eigenvalue weighted by molar-refractivity contribution is 5.87. The number of hydrogen-bond acceptors (Lipinski definition) is 2. The summed E-state index contributed by atoms with van der Waals surface area (Å²) < 4.78 is 0. The fourth-order valence-corrected chi connectivity index (χ4v) is 1.98. The molecule has 3 N–H and O–H groups in total. The lowest BCUT2D eigenvalue weighted by Gasteiger charge is -2.22. The molecule has 0 radical (unpaired) electrons. The van der Waals surface area contributed by atoms with E-state index < -0.39 is 5.97 Å². The normalized spacial score (nSPS) is 20.2. The zero-order valence-corrected chi connectivity index (χ0v) is 7.86. The second-order valence-corrected chi connectivity index (χ2v) is 3.72. The highest BCUT2D eigenvalue weighted by Crippen LogP contribution is 2.28. The molecule has 0 saturated carbocycles. The summed E-state index contributed by atoms with van der Waals surface area (Å²) in [5, 5.41) is 8.82. The Hall–Kier alpha value is -1.35. The van der Waals surface area contributed by atoms with Crippen LogP contribution in [0.3, 0.4) is 0 Å². The number of carbonyl (C=O) groups is 1. The van der Waals surface area contributed by atoms with Crippen LogP contribution in [0.15, 0.2) is 18.2 Å². The van der Waals surface area contributed by atoms with Crippen LogP contribution in [0.1, 0.15) is 40.4 Å². The minimum Gasteiger partial charge on any atom is -0.478 e. The van der Waals surface area contributed by atoms with E-state index in [1.165, 1.54) is 0 Å². The van der Waals surface area contributed by atoms with Gasteiger partial charge >= 0.3 is 5.97 Å². The Labute approximate surface area is 82.5 Å². The highest BCUT2D eigenvalue weighted by atomic mass is 16.4. The molecule has 0 heterocycles. The van der Waals surface area contributed by atoms with Gasteiger partial charge in [0.1, 0.15) is 0 Å². The first-order valence-corrected chi connectivity index (χ1v) is 4.80. The lowest BCUT2D eigenvalue weighted by atomic mass is 9.87. The smallest absolute Gasteiger partial charge is 0.335 e. The highest BCUT2D eigenvalue weighted by Gasteiger charge is 2.17. The SMILES string of the molecule is N[C@@H]1CCCc2cc(C(=O)O)ccc21. The molecule has 14 heavy (non-hydrogen) atoms. The van der Waals surface area contributed by atoms with Crippen molar-refractivity contribution in [1.29, 1.82) is 0 Å². The summed E-state index contributed by atoms with van der Waals surface area (Å²) >= 11 is 0. The number of aryl methyl sites for hydroxylation is 1. The van der Waals surface area contributed by atoms with E-state index >= 15 is 0 Å². The van der Waals surface area contributed by atoms with Gasteiger partial charge in [0.15, 0.2) is 0 Å². The number of aromatic carboxylic acids is 1. The van der Waals surface area contributed by atoms with Gasteiger partial charge in [0.05, 0.1) is 5.56 Å². The molecule has 74 valence electrons. The van der Waals surface area contributed by atoms with Gasteiger partial charge in [-0.2, -0.15) is 0 Å². The van der Waals surface area contributed by atoms with Crippen molar-refractivity contribution < 1.29 is 9.90 Å². The summed E-state index contributed by atoms with van der Waals surface area (Å²) in [6, 6.07) is 5.31. The second kappa shape index (κ2) is 3.42. The molecule has 1 atom stereocenters. The third kappa shape index (κ3) is 1.51. The number of benzene rings is 1. The largest absolute Gasteiger partial charge is 0.478 e. The molecule has 1 aromatic rings. The van der Waals surface area contributed by atoms with Gasteiger partial charge in [-0.15, -0.1) is 0 Å². The van der Waals surface area contributed by atoms with E-state index in [0.717, 1.165) is 30.4 Å². The zero-order valence-electron chi connectivity index (χ0n) is 7.86. The first-order valence-electron chi connectivity index (χ1n) is 4.80. The summed E-state index contributed by atoms with van der Waals surface area (Å²) in [6.45, 7) is 0. The standard InChI is InChI=1S/C11H13NO2/c12-10-3-1-2-7-6-8(11(13)14)4-5-9(7)10/h4-6,10H,1-3,12H2,(H,13,14)/t10-/m1/s1. The molecule has 0 aliphatic heterocycles. The van der Waals surface area contributed by atoms with E-state index in [0.29, 0.717) is 5.56 Å². The molecule has 0 amide bonds. The predicted molar refractivity (Wildman–Crippen MR) is 53.3 cm³/mol. The monoisotopic (exact) mass is 191 g/mol. The molecule has 2 rings (SSSR count). The minimum absolute atomic E-state index is 0.0848. The first kappa shape index (κ1) is 9.21. The molecule has 0 fully saturated rings. The zero-order chi connectivity index (χ0) is 10.1. The van der Waals surface area contributed by atoms with Gasteiger partial charge in [0.25, 0.3) is 0 Å². The number of fused-ring (bicyclic) bond motifs is 1. The van der Waals surface area contributed by atoms with Crippen molar-refractivity contribution in [3.63, 3.8) is 0 Å². The molecule has 3 nitrogen and oxygen atoms in total. The predicted octanol–water partition coefficient (Wildman–Crippen LogP) is 1.72. The van der Waals surface area contributed by atoms with Gasteiger partial charge in [-0.3, -0.25) is 0 Å². The van der Waals surface area contributed by atoms with Crippen LogP contribution in [0, 0.1) is 0 Å². The minimum atomic E-state index is -0.869. The Balaban J connectivity index is 2.44. The molecule has 3 heteroatoms. The first-order chi connectivity index (χ1) is 6.68. The maximum absolute atomic E-state index is 10.7. The van der Waals surface area contributed by atoms with Crippen LogP contribution in [0.5, 0.6) is 0 Å². The van der Waals surface area contributed by atoms with E-state index in [1.54, 1.807) is 12.1 Å². The number of carboxylic acid groups (broad SMARTS) is 1.